The molecule has 0 unspecified atom stereocenters. The zero-order valence-electron chi connectivity index (χ0n) is 8.39. The molecule has 1 aromatic rings. The molecule has 0 radical (unpaired) electrons. The van der Waals surface area contributed by atoms with E-state index in [4.69, 9.17) is 0 Å². The van der Waals surface area contributed by atoms with E-state index in [2.05, 4.69) is 19.2 Å². The number of hydrogen-bond acceptors (Lipinski definition) is 1. The van der Waals surface area contributed by atoms with Gasteiger partial charge in [0.05, 0.1) is 0 Å². The van der Waals surface area contributed by atoms with Crippen molar-refractivity contribution in [1.29, 1.82) is 0 Å². The Kier molecular flexibility index (Phi) is 3.29. The average molecular weight is 181 g/mol. The van der Waals surface area contributed by atoms with E-state index in [1.165, 1.54) is 12.1 Å². The summed E-state index contributed by atoms with van der Waals surface area (Å²) < 4.78 is 12.9. The van der Waals surface area contributed by atoms with Gasteiger partial charge in [-0.2, -0.15) is 0 Å². The van der Waals surface area contributed by atoms with Crippen molar-refractivity contribution >= 4 is 5.69 Å². The van der Waals surface area contributed by atoms with E-state index >= 15 is 0 Å². The van der Waals surface area contributed by atoms with Gasteiger partial charge in [-0.1, -0.05) is 6.92 Å². The lowest BCUT2D eigenvalue weighted by atomic mass is 10.2. The van der Waals surface area contributed by atoms with Gasteiger partial charge in [0.25, 0.3) is 0 Å². The summed E-state index contributed by atoms with van der Waals surface area (Å²) in [6.07, 6.45) is 1.04. The van der Waals surface area contributed by atoms with Crippen LogP contribution in [0.15, 0.2) is 18.2 Å². The molecule has 1 N–H and O–H groups in total. The standard InChI is InChI=1S/C11H16FN/c1-4-9(3)13-11-6-8(2)5-10(12)7-11/h5-7,9,13H,4H2,1-3H3/t9-/m1/s1. The van der Waals surface area contributed by atoms with E-state index in [0.717, 1.165) is 17.7 Å². The molecule has 0 aromatic heterocycles. The van der Waals surface area contributed by atoms with E-state index in [1.807, 2.05) is 13.0 Å². The maximum atomic E-state index is 12.9. The highest BCUT2D eigenvalue weighted by Gasteiger charge is 2.00. The second-order valence-corrected chi connectivity index (χ2v) is 3.47. The third-order valence-electron chi connectivity index (χ3n) is 2.07. The van der Waals surface area contributed by atoms with E-state index < -0.39 is 0 Å². The Morgan fingerprint density at radius 3 is 2.62 bits per heavy atom. The molecular formula is C11H16FN. The Morgan fingerprint density at radius 1 is 1.38 bits per heavy atom. The monoisotopic (exact) mass is 181 g/mol. The lowest BCUT2D eigenvalue weighted by Gasteiger charge is -2.13. The van der Waals surface area contributed by atoms with Crippen LogP contribution in [0.4, 0.5) is 10.1 Å². The zero-order chi connectivity index (χ0) is 9.84. The van der Waals surface area contributed by atoms with Crippen molar-refractivity contribution in [3.05, 3.63) is 29.6 Å². The topological polar surface area (TPSA) is 12.0 Å². The summed E-state index contributed by atoms with van der Waals surface area (Å²) in [7, 11) is 0. The summed E-state index contributed by atoms with van der Waals surface area (Å²) in [4.78, 5) is 0. The first kappa shape index (κ1) is 10.0. The highest BCUT2D eigenvalue weighted by Crippen LogP contribution is 2.14. The van der Waals surface area contributed by atoms with Crippen LogP contribution < -0.4 is 5.32 Å². The minimum atomic E-state index is -0.175. The number of halogens is 1. The molecule has 1 nitrogen and oxygen atoms in total. The molecule has 13 heavy (non-hydrogen) atoms. The molecule has 1 rings (SSSR count). The summed E-state index contributed by atoms with van der Waals surface area (Å²) >= 11 is 0. The first-order chi connectivity index (χ1) is 6.11. The third-order valence-corrected chi connectivity index (χ3v) is 2.07. The molecule has 0 aliphatic rings. The molecule has 0 saturated carbocycles. The van der Waals surface area contributed by atoms with Gasteiger partial charge >= 0.3 is 0 Å². The molecule has 1 atom stereocenters. The van der Waals surface area contributed by atoms with Gasteiger partial charge in [0.15, 0.2) is 0 Å². The zero-order valence-corrected chi connectivity index (χ0v) is 8.39. The maximum Gasteiger partial charge on any atom is 0.125 e. The number of aryl methyl sites for hydroxylation is 1. The van der Waals surface area contributed by atoms with Crippen LogP contribution in [0, 0.1) is 12.7 Å². The third kappa shape index (κ3) is 3.05. The molecule has 2 heteroatoms. The van der Waals surface area contributed by atoms with Gasteiger partial charge in [-0.15, -0.1) is 0 Å². The molecule has 0 heterocycles. The van der Waals surface area contributed by atoms with Gasteiger partial charge in [0.1, 0.15) is 5.82 Å². The Bertz CT molecular complexity index is 263. The number of benzene rings is 1. The van der Waals surface area contributed by atoms with Gasteiger partial charge in [-0.3, -0.25) is 0 Å². The van der Waals surface area contributed by atoms with Crippen molar-refractivity contribution < 1.29 is 4.39 Å². The summed E-state index contributed by atoms with van der Waals surface area (Å²) in [6.45, 7) is 6.08. The van der Waals surface area contributed by atoms with Crippen LogP contribution in [0.1, 0.15) is 25.8 Å². The number of hydrogen-bond donors (Lipinski definition) is 1. The lowest BCUT2D eigenvalue weighted by Crippen LogP contribution is -2.13. The minimum Gasteiger partial charge on any atom is -0.383 e. The molecule has 1 aromatic carbocycles. The second-order valence-electron chi connectivity index (χ2n) is 3.47. The van der Waals surface area contributed by atoms with Crippen molar-refractivity contribution in [2.75, 3.05) is 5.32 Å². The first-order valence-corrected chi connectivity index (χ1v) is 4.65. The second kappa shape index (κ2) is 4.26. The van der Waals surface area contributed by atoms with Gasteiger partial charge in [0.2, 0.25) is 0 Å². The van der Waals surface area contributed by atoms with Crippen LogP contribution in [0.3, 0.4) is 0 Å². The minimum absolute atomic E-state index is 0.175. The summed E-state index contributed by atoms with van der Waals surface area (Å²) in [5, 5.41) is 3.23. The van der Waals surface area contributed by atoms with Crippen molar-refractivity contribution in [2.24, 2.45) is 0 Å². The van der Waals surface area contributed by atoms with Crippen LogP contribution in [0.25, 0.3) is 0 Å². The molecule has 0 fully saturated rings. The largest absolute Gasteiger partial charge is 0.383 e. The van der Waals surface area contributed by atoms with E-state index in [1.54, 1.807) is 0 Å². The SMILES string of the molecule is CC[C@@H](C)Nc1cc(C)cc(F)c1. The quantitative estimate of drug-likeness (QED) is 0.754. The average Bonchev–Trinajstić information content (AvgIpc) is 2.02. The fourth-order valence-corrected chi connectivity index (χ4v) is 1.21. The normalized spacial score (nSPS) is 12.6. The molecule has 72 valence electrons. The van der Waals surface area contributed by atoms with E-state index in [-0.39, 0.29) is 5.82 Å². The smallest absolute Gasteiger partial charge is 0.125 e. The van der Waals surface area contributed by atoms with Crippen LogP contribution in [0.2, 0.25) is 0 Å². The highest BCUT2D eigenvalue weighted by atomic mass is 19.1. The van der Waals surface area contributed by atoms with Crippen LogP contribution in [-0.4, -0.2) is 6.04 Å². The molecule has 0 bridgehead atoms. The predicted octanol–water partition coefficient (Wildman–Crippen LogP) is 3.34. The van der Waals surface area contributed by atoms with Gasteiger partial charge in [-0.05, 0) is 44.0 Å². The van der Waals surface area contributed by atoms with Crippen LogP contribution in [0.5, 0.6) is 0 Å². The Hall–Kier alpha value is -1.05. The highest BCUT2D eigenvalue weighted by molar-refractivity contribution is 5.46. The fourth-order valence-electron chi connectivity index (χ4n) is 1.21. The fraction of sp³-hybridized carbons (Fsp3) is 0.455. The van der Waals surface area contributed by atoms with Gasteiger partial charge in [0, 0.05) is 11.7 Å². The number of rotatable bonds is 3. The van der Waals surface area contributed by atoms with E-state index in [9.17, 15) is 4.39 Å². The van der Waals surface area contributed by atoms with Crippen molar-refractivity contribution in [3.63, 3.8) is 0 Å². The van der Waals surface area contributed by atoms with Crippen molar-refractivity contribution in [2.45, 2.75) is 33.2 Å². The van der Waals surface area contributed by atoms with Crippen molar-refractivity contribution in [3.8, 4) is 0 Å². The molecular weight excluding hydrogens is 165 g/mol. The Balaban J connectivity index is 2.77. The predicted molar refractivity (Wildman–Crippen MR) is 54.5 cm³/mol. The van der Waals surface area contributed by atoms with Gasteiger partial charge in [-0.25, -0.2) is 4.39 Å². The summed E-state index contributed by atoms with van der Waals surface area (Å²) in [5.74, 6) is -0.175. The summed E-state index contributed by atoms with van der Waals surface area (Å²) in [5.41, 5.74) is 1.82. The summed E-state index contributed by atoms with van der Waals surface area (Å²) in [6, 6.07) is 5.40. The Labute approximate surface area is 79.0 Å². The van der Waals surface area contributed by atoms with E-state index in [0.29, 0.717) is 6.04 Å². The molecule has 0 amide bonds. The molecule has 0 aliphatic heterocycles. The molecule has 0 aliphatic carbocycles. The first-order valence-electron chi connectivity index (χ1n) is 4.65. The van der Waals surface area contributed by atoms with Crippen LogP contribution >= 0.6 is 0 Å². The Morgan fingerprint density at radius 2 is 2.08 bits per heavy atom. The number of nitrogens with one attached hydrogen (secondary N) is 1. The van der Waals surface area contributed by atoms with Crippen molar-refractivity contribution in [1.82, 2.24) is 0 Å². The molecule has 0 saturated heterocycles. The lowest BCUT2D eigenvalue weighted by molar-refractivity contribution is 0.626. The van der Waals surface area contributed by atoms with Crippen LogP contribution in [-0.2, 0) is 0 Å². The molecule has 0 spiro atoms. The van der Waals surface area contributed by atoms with Gasteiger partial charge < -0.3 is 5.32 Å². The number of anilines is 1. The maximum absolute atomic E-state index is 12.9.